The lowest BCUT2D eigenvalue weighted by atomic mass is 9.90. The molecule has 10 heavy (non-hydrogen) atoms. The van der Waals surface area contributed by atoms with Gasteiger partial charge in [0.2, 0.25) is 0 Å². The van der Waals surface area contributed by atoms with Crippen LogP contribution in [0.15, 0.2) is 0 Å². The molecule has 1 aliphatic rings. The molecule has 0 saturated heterocycles. The Morgan fingerprint density at radius 1 is 1.30 bits per heavy atom. The molecule has 1 rings (SSSR count). The molecule has 1 aliphatic carbocycles. The molecular weight excluding hydrogens is 126 g/mol. The molecule has 0 aromatic carbocycles. The largest absolute Gasteiger partial charge is 0.624 e. The third kappa shape index (κ3) is 2.38. The highest BCUT2D eigenvalue weighted by Gasteiger charge is 2.12. The van der Waals surface area contributed by atoms with Gasteiger partial charge in [0.05, 0.1) is 0 Å². The molecule has 0 heterocycles. The highest BCUT2D eigenvalue weighted by Crippen LogP contribution is 2.21. The summed E-state index contributed by atoms with van der Waals surface area (Å²) < 4.78 is 0.940. The maximum Gasteiger partial charge on any atom is 0.153 e. The molecule has 1 fully saturated rings. The van der Waals surface area contributed by atoms with Crippen molar-refractivity contribution >= 4 is 6.21 Å². The van der Waals surface area contributed by atoms with Crippen LogP contribution in [0.4, 0.5) is 0 Å². The summed E-state index contributed by atoms with van der Waals surface area (Å²) in [5.41, 5.74) is 0. The predicted octanol–water partition coefficient (Wildman–Crippen LogP) is 1.78. The van der Waals surface area contributed by atoms with Crippen LogP contribution in [0.25, 0.3) is 0 Å². The smallest absolute Gasteiger partial charge is 0.153 e. The Labute approximate surface area is 62.1 Å². The van der Waals surface area contributed by atoms with Crippen LogP contribution in [0, 0.1) is 11.1 Å². The summed E-state index contributed by atoms with van der Waals surface area (Å²) in [6, 6.07) is 0. The van der Waals surface area contributed by atoms with Gasteiger partial charge in [0.1, 0.15) is 7.05 Å². The van der Waals surface area contributed by atoms with Crippen LogP contribution in [0.3, 0.4) is 0 Å². The summed E-state index contributed by atoms with van der Waals surface area (Å²) >= 11 is 0. The van der Waals surface area contributed by atoms with Crippen molar-refractivity contribution in [2.45, 2.75) is 32.1 Å². The number of hydrogen-bond donors (Lipinski definition) is 0. The van der Waals surface area contributed by atoms with Gasteiger partial charge in [-0.3, -0.25) is 0 Å². The second kappa shape index (κ2) is 3.59. The van der Waals surface area contributed by atoms with Crippen LogP contribution in [0.2, 0.25) is 0 Å². The fourth-order valence-electron chi connectivity index (χ4n) is 1.58. The Hall–Kier alpha value is -0.530. The fourth-order valence-corrected chi connectivity index (χ4v) is 1.58. The molecule has 0 aromatic rings. The van der Waals surface area contributed by atoms with Crippen molar-refractivity contribution in [3.05, 3.63) is 5.21 Å². The molecule has 58 valence electrons. The molecule has 2 heteroatoms. The van der Waals surface area contributed by atoms with E-state index in [1.165, 1.54) is 32.1 Å². The van der Waals surface area contributed by atoms with Gasteiger partial charge < -0.3 is 5.21 Å². The van der Waals surface area contributed by atoms with Crippen molar-refractivity contribution in [1.29, 1.82) is 0 Å². The van der Waals surface area contributed by atoms with E-state index in [4.69, 9.17) is 0 Å². The fraction of sp³-hybridized carbons (Fsp3) is 0.875. The Kier molecular flexibility index (Phi) is 2.72. The first kappa shape index (κ1) is 7.58. The van der Waals surface area contributed by atoms with Crippen molar-refractivity contribution in [3.63, 3.8) is 0 Å². The Morgan fingerprint density at radius 3 is 2.40 bits per heavy atom. The van der Waals surface area contributed by atoms with Gasteiger partial charge >= 0.3 is 0 Å². The van der Waals surface area contributed by atoms with Crippen molar-refractivity contribution in [1.82, 2.24) is 0 Å². The summed E-state index contributed by atoms with van der Waals surface area (Å²) in [6.07, 6.45) is 8.19. The molecule has 0 radical (unpaired) electrons. The molecule has 0 amide bonds. The summed E-state index contributed by atoms with van der Waals surface area (Å²) in [5, 5.41) is 10.6. The monoisotopic (exact) mass is 141 g/mol. The first-order chi connectivity index (χ1) is 4.79. The summed E-state index contributed by atoms with van der Waals surface area (Å²) in [5.74, 6) is 0.566. The van der Waals surface area contributed by atoms with Gasteiger partial charge in [-0.15, -0.1) is 0 Å². The minimum absolute atomic E-state index is 0.566. The zero-order valence-corrected chi connectivity index (χ0v) is 6.55. The number of hydrogen-bond acceptors (Lipinski definition) is 1. The first-order valence-corrected chi connectivity index (χ1v) is 4.04. The summed E-state index contributed by atoms with van der Waals surface area (Å²) in [6.45, 7) is 0. The lowest BCUT2D eigenvalue weighted by Gasteiger charge is -2.15. The molecule has 0 aliphatic heterocycles. The van der Waals surface area contributed by atoms with E-state index in [1.807, 2.05) is 0 Å². The molecule has 0 atom stereocenters. The maximum atomic E-state index is 10.6. The number of rotatable bonds is 1. The van der Waals surface area contributed by atoms with Crippen LogP contribution in [-0.4, -0.2) is 18.0 Å². The van der Waals surface area contributed by atoms with Crippen molar-refractivity contribution in [2.75, 3.05) is 7.05 Å². The zero-order chi connectivity index (χ0) is 7.40. The average molecular weight is 141 g/mol. The van der Waals surface area contributed by atoms with Crippen molar-refractivity contribution < 1.29 is 4.74 Å². The Balaban J connectivity index is 2.33. The molecule has 0 N–H and O–H groups in total. The number of nitrogens with zero attached hydrogens (tertiary/aromatic N) is 1. The van der Waals surface area contributed by atoms with Crippen LogP contribution in [-0.2, 0) is 0 Å². The van der Waals surface area contributed by atoms with Gasteiger partial charge in [-0.1, -0.05) is 19.3 Å². The quantitative estimate of drug-likeness (QED) is 0.236. The van der Waals surface area contributed by atoms with Crippen LogP contribution in [0.5, 0.6) is 0 Å². The average Bonchev–Trinajstić information content (AvgIpc) is 1.88. The third-order valence-electron chi connectivity index (χ3n) is 2.07. The maximum absolute atomic E-state index is 10.6. The lowest BCUT2D eigenvalue weighted by Crippen LogP contribution is -2.12. The third-order valence-corrected chi connectivity index (χ3v) is 2.07. The molecule has 0 aromatic heterocycles. The molecular formula is C8H15NO. The van der Waals surface area contributed by atoms with Gasteiger partial charge in [-0.2, -0.15) is 0 Å². The predicted molar refractivity (Wildman–Crippen MR) is 42.2 cm³/mol. The van der Waals surface area contributed by atoms with Gasteiger partial charge in [-0.25, -0.2) is 4.74 Å². The molecule has 0 bridgehead atoms. The van der Waals surface area contributed by atoms with E-state index in [9.17, 15) is 5.21 Å². The zero-order valence-electron chi connectivity index (χ0n) is 6.55. The SMILES string of the molecule is C[N+]([O-])=CC1CCCCC1. The van der Waals surface area contributed by atoms with E-state index in [0.717, 1.165) is 4.74 Å². The molecule has 2 nitrogen and oxygen atoms in total. The molecule has 1 saturated carbocycles. The topological polar surface area (TPSA) is 26.1 Å². The molecule has 0 unspecified atom stereocenters. The van der Waals surface area contributed by atoms with Crippen LogP contribution in [0.1, 0.15) is 32.1 Å². The van der Waals surface area contributed by atoms with Crippen molar-refractivity contribution in [3.8, 4) is 0 Å². The van der Waals surface area contributed by atoms with E-state index in [-0.39, 0.29) is 0 Å². The van der Waals surface area contributed by atoms with Gasteiger partial charge in [0, 0.05) is 5.92 Å². The van der Waals surface area contributed by atoms with Crippen molar-refractivity contribution in [2.24, 2.45) is 5.92 Å². The van der Waals surface area contributed by atoms with E-state index in [1.54, 1.807) is 13.3 Å². The van der Waals surface area contributed by atoms with Gasteiger partial charge in [0.15, 0.2) is 6.21 Å². The van der Waals surface area contributed by atoms with E-state index >= 15 is 0 Å². The first-order valence-electron chi connectivity index (χ1n) is 4.04. The van der Waals surface area contributed by atoms with Gasteiger partial charge in [0.25, 0.3) is 0 Å². The second-order valence-corrected chi connectivity index (χ2v) is 3.09. The van der Waals surface area contributed by atoms with Crippen LogP contribution < -0.4 is 0 Å². The Morgan fingerprint density at radius 2 is 1.90 bits per heavy atom. The number of hydroxylamine groups is 1. The minimum Gasteiger partial charge on any atom is -0.624 e. The summed E-state index contributed by atoms with van der Waals surface area (Å²) in [4.78, 5) is 0. The molecule has 0 spiro atoms. The van der Waals surface area contributed by atoms with E-state index in [0.29, 0.717) is 5.92 Å². The van der Waals surface area contributed by atoms with Gasteiger partial charge in [-0.05, 0) is 12.8 Å². The van der Waals surface area contributed by atoms with Crippen LogP contribution >= 0.6 is 0 Å². The standard InChI is InChI=1S/C8H15NO/c1-9(10)7-8-5-3-2-4-6-8/h7-8H,2-6H2,1H3. The highest BCUT2D eigenvalue weighted by molar-refractivity contribution is 5.55. The van der Waals surface area contributed by atoms with E-state index < -0.39 is 0 Å². The highest BCUT2D eigenvalue weighted by atomic mass is 16.5. The van der Waals surface area contributed by atoms with E-state index in [2.05, 4.69) is 0 Å². The normalized spacial score (nSPS) is 23.1. The summed E-state index contributed by atoms with van der Waals surface area (Å²) in [7, 11) is 1.56. The minimum atomic E-state index is 0.566. The Bertz CT molecular complexity index is 121. The second-order valence-electron chi connectivity index (χ2n) is 3.09. The lowest BCUT2D eigenvalue weighted by molar-refractivity contribution is -0.420.